The minimum Gasteiger partial charge on any atom is -0.450 e. The number of rotatable bonds is 3. The molecule has 0 amide bonds. The maximum absolute atomic E-state index is 11.7. The van der Waals surface area contributed by atoms with E-state index in [9.17, 15) is 9.59 Å². The highest BCUT2D eigenvalue weighted by Crippen LogP contribution is 2.35. The first-order valence-electron chi connectivity index (χ1n) is 6.03. The van der Waals surface area contributed by atoms with E-state index < -0.39 is 6.10 Å². The Hall–Kier alpha value is -1.64. The smallest absolute Gasteiger partial charge is 0.334 e. The van der Waals surface area contributed by atoms with Crippen molar-refractivity contribution in [3.63, 3.8) is 0 Å². The van der Waals surface area contributed by atoms with Crippen LogP contribution >= 0.6 is 0 Å². The molecule has 0 saturated heterocycles. The van der Waals surface area contributed by atoms with E-state index in [1.54, 1.807) is 19.9 Å². The monoisotopic (exact) mass is 248 g/mol. The molecule has 0 spiro atoms. The lowest BCUT2D eigenvalue weighted by molar-refractivity contribution is -0.141. The van der Waals surface area contributed by atoms with Crippen LogP contribution in [0, 0.1) is 5.41 Å². The third kappa shape index (κ3) is 2.78. The van der Waals surface area contributed by atoms with Crippen molar-refractivity contribution in [2.75, 3.05) is 0 Å². The van der Waals surface area contributed by atoms with Crippen molar-refractivity contribution in [2.45, 2.75) is 40.7 Å². The van der Waals surface area contributed by atoms with Gasteiger partial charge in [-0.1, -0.05) is 26.0 Å². The summed E-state index contributed by atoms with van der Waals surface area (Å²) in [6.45, 7) is 9.25. The van der Waals surface area contributed by atoms with E-state index in [0.29, 0.717) is 11.1 Å². The summed E-state index contributed by atoms with van der Waals surface area (Å²) >= 11 is 0. The molecule has 1 aliphatic carbocycles. The highest BCUT2D eigenvalue weighted by Gasteiger charge is 2.30. The Kier molecular flexibility index (Phi) is 4.28. The average Bonchev–Trinajstić information content (AvgIpc) is 2.32. The molecule has 0 saturated carbocycles. The van der Waals surface area contributed by atoms with Crippen molar-refractivity contribution in [1.82, 2.24) is 0 Å². The van der Waals surface area contributed by atoms with Gasteiger partial charge in [-0.25, -0.2) is 4.79 Å². The van der Waals surface area contributed by atoms with Gasteiger partial charge >= 0.3 is 5.97 Å². The molecule has 0 aromatic rings. The molecule has 0 aromatic heterocycles. The lowest BCUT2D eigenvalue weighted by atomic mass is 9.77. The predicted molar refractivity (Wildman–Crippen MR) is 71.0 cm³/mol. The largest absolute Gasteiger partial charge is 0.450 e. The number of ether oxygens (including phenoxy) is 1. The molecule has 0 fully saturated rings. The summed E-state index contributed by atoms with van der Waals surface area (Å²) in [6, 6.07) is 0. The number of allylic oxidation sites excluding steroid dienone is 3. The Balaban J connectivity index is 2.98. The van der Waals surface area contributed by atoms with Crippen LogP contribution in [0.25, 0.3) is 0 Å². The molecule has 98 valence electrons. The van der Waals surface area contributed by atoms with Crippen LogP contribution in [0.4, 0.5) is 0 Å². The Bertz CT molecular complexity index is 450. The predicted octanol–water partition coefficient (Wildman–Crippen LogP) is 2.98. The Labute approximate surface area is 108 Å². The van der Waals surface area contributed by atoms with Gasteiger partial charge in [0.05, 0.1) is 0 Å². The Morgan fingerprint density at radius 2 is 2.06 bits per heavy atom. The van der Waals surface area contributed by atoms with Crippen LogP contribution in [0.5, 0.6) is 0 Å². The summed E-state index contributed by atoms with van der Waals surface area (Å²) in [7, 11) is 0. The molecule has 1 aliphatic rings. The molecule has 1 unspecified atom stereocenters. The van der Waals surface area contributed by atoms with Gasteiger partial charge in [0.15, 0.2) is 0 Å². The van der Waals surface area contributed by atoms with E-state index in [0.717, 1.165) is 11.9 Å². The molecule has 0 aliphatic heterocycles. The first-order valence-corrected chi connectivity index (χ1v) is 6.03. The molecule has 18 heavy (non-hydrogen) atoms. The first-order chi connectivity index (χ1) is 8.33. The minimum atomic E-state index is -0.444. The van der Waals surface area contributed by atoms with E-state index >= 15 is 0 Å². The van der Waals surface area contributed by atoms with Gasteiger partial charge in [0.25, 0.3) is 0 Å². The van der Waals surface area contributed by atoms with Gasteiger partial charge in [-0.2, -0.15) is 0 Å². The molecule has 1 rings (SSSR count). The average molecular weight is 248 g/mol. The summed E-state index contributed by atoms with van der Waals surface area (Å²) in [5.74, 6) is -0.351. The fourth-order valence-corrected chi connectivity index (χ4v) is 1.92. The molecule has 3 nitrogen and oxygen atoms in total. The zero-order valence-corrected chi connectivity index (χ0v) is 11.6. The third-order valence-corrected chi connectivity index (χ3v) is 3.34. The molecule has 0 bridgehead atoms. The quantitative estimate of drug-likeness (QED) is 0.334. The third-order valence-electron chi connectivity index (χ3n) is 3.34. The van der Waals surface area contributed by atoms with Crippen LogP contribution in [0.1, 0.15) is 34.6 Å². The summed E-state index contributed by atoms with van der Waals surface area (Å²) in [5.41, 5.74) is 1.74. The highest BCUT2D eigenvalue weighted by atomic mass is 16.5. The van der Waals surface area contributed by atoms with E-state index in [1.165, 1.54) is 0 Å². The van der Waals surface area contributed by atoms with Crippen molar-refractivity contribution in [3.8, 4) is 0 Å². The van der Waals surface area contributed by atoms with Crippen LogP contribution < -0.4 is 0 Å². The van der Waals surface area contributed by atoms with Gasteiger partial charge in [-0.15, -0.1) is 0 Å². The zero-order chi connectivity index (χ0) is 13.9. The number of hydrogen-bond acceptors (Lipinski definition) is 3. The maximum Gasteiger partial charge on any atom is 0.334 e. The van der Waals surface area contributed by atoms with Gasteiger partial charge in [-0.05, 0) is 32.4 Å². The first kappa shape index (κ1) is 14.4. The molecule has 3 heteroatoms. The second kappa shape index (κ2) is 5.34. The normalized spacial score (nSPS) is 22.9. The second-order valence-electron chi connectivity index (χ2n) is 5.09. The Morgan fingerprint density at radius 1 is 1.44 bits per heavy atom. The van der Waals surface area contributed by atoms with Gasteiger partial charge in [0.2, 0.25) is 0 Å². The van der Waals surface area contributed by atoms with Crippen molar-refractivity contribution >= 4 is 12.3 Å². The van der Waals surface area contributed by atoms with Crippen LogP contribution in [-0.4, -0.2) is 18.4 Å². The topological polar surface area (TPSA) is 43.4 Å². The molecular formula is C15H20O3. The van der Waals surface area contributed by atoms with Crippen molar-refractivity contribution in [1.29, 1.82) is 0 Å². The van der Waals surface area contributed by atoms with E-state index in [-0.39, 0.29) is 11.4 Å². The fraction of sp³-hybridized carbons (Fsp3) is 0.467. The van der Waals surface area contributed by atoms with Crippen LogP contribution in [0.15, 0.2) is 34.9 Å². The summed E-state index contributed by atoms with van der Waals surface area (Å²) in [5, 5.41) is 0. The van der Waals surface area contributed by atoms with Crippen molar-refractivity contribution < 1.29 is 14.3 Å². The summed E-state index contributed by atoms with van der Waals surface area (Å²) in [6.07, 6.45) is 5.86. The van der Waals surface area contributed by atoms with E-state index in [4.69, 9.17) is 4.74 Å². The number of hydrogen-bond donors (Lipinski definition) is 0. The SMILES string of the molecule is CC=C(C)C(=O)OC1C=CC(C)(C)C(C=O)=C1C. The van der Waals surface area contributed by atoms with Gasteiger partial charge < -0.3 is 4.74 Å². The number of aldehydes is 1. The zero-order valence-electron chi connectivity index (χ0n) is 11.6. The summed E-state index contributed by atoms with van der Waals surface area (Å²) < 4.78 is 5.37. The Morgan fingerprint density at radius 3 is 2.56 bits per heavy atom. The van der Waals surface area contributed by atoms with Gasteiger partial charge in [0.1, 0.15) is 12.4 Å². The molecule has 0 radical (unpaired) electrons. The maximum atomic E-state index is 11.7. The van der Waals surface area contributed by atoms with Gasteiger partial charge in [-0.3, -0.25) is 4.79 Å². The lowest BCUT2D eigenvalue weighted by Crippen LogP contribution is -2.27. The molecule has 1 atom stereocenters. The van der Waals surface area contributed by atoms with E-state index in [1.807, 2.05) is 32.9 Å². The van der Waals surface area contributed by atoms with Crippen LogP contribution in [0.2, 0.25) is 0 Å². The second-order valence-corrected chi connectivity index (χ2v) is 5.09. The molecule has 0 aromatic carbocycles. The molecule has 0 heterocycles. The lowest BCUT2D eigenvalue weighted by Gasteiger charge is -2.30. The van der Waals surface area contributed by atoms with Crippen LogP contribution in [0.3, 0.4) is 0 Å². The van der Waals surface area contributed by atoms with Crippen molar-refractivity contribution in [3.05, 3.63) is 34.9 Å². The van der Waals surface area contributed by atoms with Gasteiger partial charge in [0, 0.05) is 16.6 Å². The molecule has 0 N–H and O–H groups in total. The standard InChI is InChI=1S/C15H20O3/c1-6-10(2)14(17)18-13-7-8-15(4,5)12(9-16)11(13)3/h6-9,13H,1-5H3. The van der Waals surface area contributed by atoms with Crippen molar-refractivity contribution in [2.24, 2.45) is 5.41 Å². The summed E-state index contributed by atoms with van der Waals surface area (Å²) in [4.78, 5) is 22.9. The van der Waals surface area contributed by atoms with E-state index in [2.05, 4.69) is 0 Å². The number of carbonyl (C=O) groups excluding carboxylic acids is 2. The highest BCUT2D eigenvalue weighted by molar-refractivity contribution is 5.88. The minimum absolute atomic E-state index is 0.301. The fourth-order valence-electron chi connectivity index (χ4n) is 1.92. The number of esters is 1. The molecular weight excluding hydrogens is 228 g/mol. The number of carbonyl (C=O) groups is 2. The van der Waals surface area contributed by atoms with Crippen LogP contribution in [-0.2, 0) is 14.3 Å².